The number of carbonyl (C=O) groups is 1. The molecule has 1 N–H and O–H groups in total. The lowest BCUT2D eigenvalue weighted by atomic mass is 10.0. The van der Waals surface area contributed by atoms with Crippen LogP contribution in [0.1, 0.15) is 25.0 Å². The number of hydrogen-bond acceptors (Lipinski definition) is 6. The van der Waals surface area contributed by atoms with Crippen molar-refractivity contribution in [2.75, 3.05) is 13.6 Å². The summed E-state index contributed by atoms with van der Waals surface area (Å²) in [4.78, 5) is 30.0. The Labute approximate surface area is 199 Å². The number of benzene rings is 2. The van der Waals surface area contributed by atoms with Gasteiger partial charge in [-0.15, -0.1) is 0 Å². The van der Waals surface area contributed by atoms with Crippen molar-refractivity contribution in [3.8, 4) is 11.6 Å². The quantitative estimate of drug-likeness (QED) is 0.330. The molecule has 0 bridgehead atoms. The first-order valence-electron chi connectivity index (χ1n) is 11.2. The highest BCUT2D eigenvalue weighted by Gasteiger charge is 2.26. The van der Waals surface area contributed by atoms with E-state index in [0.717, 1.165) is 12.0 Å². The lowest BCUT2D eigenvalue weighted by Crippen LogP contribution is -2.48. The maximum Gasteiger partial charge on any atom is 0.292 e. The average molecular weight is 463 g/mol. The zero-order chi connectivity index (χ0) is 24.5. The molecule has 2 aromatic carbocycles. The van der Waals surface area contributed by atoms with Gasteiger partial charge in [0.25, 0.3) is 5.69 Å². The Balaban J connectivity index is 1.70. The van der Waals surface area contributed by atoms with Gasteiger partial charge in [-0.3, -0.25) is 14.9 Å². The van der Waals surface area contributed by atoms with Gasteiger partial charge in [-0.25, -0.2) is 4.98 Å². The number of carbonyl (C=O) groups excluding carboxylic acids is 1. The lowest BCUT2D eigenvalue weighted by Gasteiger charge is -2.27. The molecule has 0 aliphatic carbocycles. The van der Waals surface area contributed by atoms with Gasteiger partial charge < -0.3 is 15.0 Å². The third-order valence-electron chi connectivity index (χ3n) is 5.50. The predicted molar refractivity (Wildman–Crippen MR) is 131 cm³/mol. The first-order valence-corrected chi connectivity index (χ1v) is 11.2. The summed E-state index contributed by atoms with van der Waals surface area (Å²) in [6.45, 7) is 4.61. The molecule has 1 amide bonds. The van der Waals surface area contributed by atoms with Crippen LogP contribution in [0.4, 0.5) is 5.69 Å². The molecule has 0 spiro atoms. The number of para-hydroxylation sites is 1. The summed E-state index contributed by atoms with van der Waals surface area (Å²) in [6.07, 6.45) is 1.94. The van der Waals surface area contributed by atoms with Crippen molar-refractivity contribution < 1.29 is 14.5 Å². The van der Waals surface area contributed by atoms with Crippen molar-refractivity contribution in [1.82, 2.24) is 15.2 Å². The zero-order valence-corrected chi connectivity index (χ0v) is 19.7. The predicted octanol–water partition coefficient (Wildman–Crippen LogP) is 4.60. The monoisotopic (exact) mass is 462 g/mol. The van der Waals surface area contributed by atoms with Crippen molar-refractivity contribution in [3.63, 3.8) is 0 Å². The molecule has 0 radical (unpaired) electrons. The second-order valence-electron chi connectivity index (χ2n) is 8.42. The Bertz CT molecular complexity index is 1090. The molecule has 178 valence electrons. The second-order valence-corrected chi connectivity index (χ2v) is 8.42. The number of amides is 1. The van der Waals surface area contributed by atoms with Gasteiger partial charge >= 0.3 is 0 Å². The molecule has 1 aromatic heterocycles. The largest absolute Gasteiger partial charge is 0.439 e. The fourth-order valence-electron chi connectivity index (χ4n) is 3.56. The van der Waals surface area contributed by atoms with Crippen LogP contribution in [0.5, 0.6) is 11.6 Å². The van der Waals surface area contributed by atoms with E-state index in [1.54, 1.807) is 30.1 Å². The summed E-state index contributed by atoms with van der Waals surface area (Å²) in [7, 11) is 1.78. The van der Waals surface area contributed by atoms with E-state index in [-0.39, 0.29) is 29.9 Å². The number of nitro groups is 1. The average Bonchev–Trinajstić information content (AvgIpc) is 2.83. The van der Waals surface area contributed by atoms with Crippen LogP contribution in [0.15, 0.2) is 72.9 Å². The van der Waals surface area contributed by atoms with E-state index >= 15 is 0 Å². The summed E-state index contributed by atoms with van der Waals surface area (Å²) in [5.74, 6) is 0.773. The van der Waals surface area contributed by atoms with Gasteiger partial charge in [0.15, 0.2) is 0 Å². The van der Waals surface area contributed by atoms with Crippen molar-refractivity contribution in [2.24, 2.45) is 5.92 Å². The van der Waals surface area contributed by atoms with Crippen LogP contribution in [0.25, 0.3) is 0 Å². The van der Waals surface area contributed by atoms with E-state index in [1.165, 1.54) is 6.20 Å². The van der Waals surface area contributed by atoms with Crippen LogP contribution >= 0.6 is 0 Å². The van der Waals surface area contributed by atoms with Crippen LogP contribution in [0.3, 0.4) is 0 Å². The molecule has 3 aromatic rings. The summed E-state index contributed by atoms with van der Waals surface area (Å²) in [6, 6.07) is 20.1. The van der Waals surface area contributed by atoms with Crippen molar-refractivity contribution in [2.45, 2.75) is 32.9 Å². The van der Waals surface area contributed by atoms with Crippen LogP contribution in [-0.4, -0.2) is 40.3 Å². The molecule has 1 unspecified atom stereocenters. The normalized spacial score (nSPS) is 11.8. The molecule has 34 heavy (non-hydrogen) atoms. The van der Waals surface area contributed by atoms with E-state index < -0.39 is 11.0 Å². The Hall–Kier alpha value is -3.78. The molecule has 8 nitrogen and oxygen atoms in total. The number of ether oxygens (including phenoxy) is 1. The lowest BCUT2D eigenvalue weighted by molar-refractivity contribution is -0.386. The highest BCUT2D eigenvalue weighted by atomic mass is 16.6. The molecule has 0 fully saturated rings. The summed E-state index contributed by atoms with van der Waals surface area (Å²) in [5.41, 5.74) is 1.44. The van der Waals surface area contributed by atoms with E-state index in [4.69, 9.17) is 4.74 Å². The van der Waals surface area contributed by atoms with Crippen molar-refractivity contribution in [1.29, 1.82) is 0 Å². The first kappa shape index (κ1) is 24.9. The highest BCUT2D eigenvalue weighted by molar-refractivity contribution is 5.82. The second kappa shape index (κ2) is 11.9. The van der Waals surface area contributed by atoms with Crippen LogP contribution < -0.4 is 10.1 Å². The summed E-state index contributed by atoms with van der Waals surface area (Å²) in [5, 5.41) is 14.8. The maximum absolute atomic E-state index is 13.1. The summed E-state index contributed by atoms with van der Waals surface area (Å²) >= 11 is 0. The van der Waals surface area contributed by atoms with Gasteiger partial charge in [0.05, 0.1) is 16.5 Å². The van der Waals surface area contributed by atoms with Gasteiger partial charge in [-0.05, 0) is 30.0 Å². The Kier molecular flexibility index (Phi) is 8.70. The van der Waals surface area contributed by atoms with Gasteiger partial charge in [-0.1, -0.05) is 62.4 Å². The number of aromatic nitrogens is 1. The molecule has 1 atom stereocenters. The molecular formula is C26H30N4O4. The van der Waals surface area contributed by atoms with Crippen molar-refractivity contribution >= 4 is 11.6 Å². The van der Waals surface area contributed by atoms with Crippen LogP contribution in [-0.2, 0) is 17.8 Å². The molecular weight excluding hydrogens is 432 g/mol. The fourth-order valence-corrected chi connectivity index (χ4v) is 3.56. The van der Waals surface area contributed by atoms with Crippen molar-refractivity contribution in [3.05, 3.63) is 94.2 Å². The van der Waals surface area contributed by atoms with E-state index in [9.17, 15) is 14.9 Å². The van der Waals surface area contributed by atoms with Gasteiger partial charge in [0.1, 0.15) is 11.9 Å². The van der Waals surface area contributed by atoms with E-state index in [1.807, 2.05) is 62.4 Å². The number of nitrogens with zero attached hydrogens (tertiary/aromatic N) is 3. The van der Waals surface area contributed by atoms with Gasteiger partial charge in [-0.2, -0.15) is 0 Å². The van der Waals surface area contributed by atoms with Crippen LogP contribution in [0.2, 0.25) is 0 Å². The molecule has 0 aliphatic heterocycles. The number of pyridine rings is 1. The minimum absolute atomic E-state index is 0.00684. The first-order chi connectivity index (χ1) is 16.3. The fraction of sp³-hybridized carbons (Fsp3) is 0.308. The molecule has 1 heterocycles. The third kappa shape index (κ3) is 6.86. The Morgan fingerprint density at radius 1 is 1.12 bits per heavy atom. The number of rotatable bonds is 11. The smallest absolute Gasteiger partial charge is 0.292 e. The minimum Gasteiger partial charge on any atom is -0.439 e. The number of nitrogens with one attached hydrogen (secondary N) is 1. The molecule has 0 saturated heterocycles. The number of likely N-dealkylation sites (N-methyl/N-ethyl adjacent to an activating group) is 1. The minimum atomic E-state index is -0.493. The molecule has 3 rings (SSSR count). The van der Waals surface area contributed by atoms with Gasteiger partial charge in [0, 0.05) is 26.2 Å². The zero-order valence-electron chi connectivity index (χ0n) is 19.7. The Morgan fingerprint density at radius 2 is 1.76 bits per heavy atom. The molecule has 8 heteroatoms. The van der Waals surface area contributed by atoms with E-state index in [2.05, 4.69) is 10.3 Å². The SMILES string of the molecule is CC(C)C(NCc1cc(Oc2ccccc2)ncc1[N+](=O)[O-])C(=O)N(C)CCc1ccccc1. The molecule has 0 aliphatic rings. The van der Waals surface area contributed by atoms with Crippen LogP contribution in [0, 0.1) is 16.0 Å². The third-order valence-corrected chi connectivity index (χ3v) is 5.50. The standard InChI is InChI=1S/C26H30N4O4/c1-19(2)25(26(31)29(3)15-14-20-10-6-4-7-11-20)28-17-21-16-24(27-18-23(21)30(32)33)34-22-12-8-5-9-13-22/h4-13,16,18-19,25,28H,14-15,17H2,1-3H3. The molecule has 0 saturated carbocycles. The summed E-state index contributed by atoms with van der Waals surface area (Å²) < 4.78 is 5.73. The highest BCUT2D eigenvalue weighted by Crippen LogP contribution is 2.25. The van der Waals surface area contributed by atoms with E-state index in [0.29, 0.717) is 17.9 Å². The Morgan fingerprint density at radius 3 is 2.38 bits per heavy atom. The number of hydrogen-bond donors (Lipinski definition) is 1. The maximum atomic E-state index is 13.1. The topological polar surface area (TPSA) is 97.6 Å². The van der Waals surface area contributed by atoms with Gasteiger partial charge in [0.2, 0.25) is 11.8 Å².